The molecule has 0 saturated carbocycles. The van der Waals surface area contributed by atoms with E-state index in [1.54, 1.807) is 20.8 Å². The molecule has 0 saturated heterocycles. The van der Waals surface area contributed by atoms with E-state index in [9.17, 15) is 27.2 Å². The molecule has 0 fully saturated rings. The van der Waals surface area contributed by atoms with Gasteiger partial charge in [0.15, 0.2) is 6.10 Å². The van der Waals surface area contributed by atoms with Gasteiger partial charge in [0.1, 0.15) is 12.4 Å². The number of hydrogen-bond acceptors (Lipinski definition) is 6. The molecule has 1 aromatic rings. The van der Waals surface area contributed by atoms with Crippen LogP contribution in [0.15, 0.2) is 29.2 Å². The molecule has 2 N–H and O–H groups in total. The van der Waals surface area contributed by atoms with Crippen LogP contribution in [0.4, 0.5) is 9.18 Å². The first-order valence-electron chi connectivity index (χ1n) is 8.27. The lowest BCUT2D eigenvalue weighted by Gasteiger charge is -2.21. The van der Waals surface area contributed by atoms with Crippen molar-refractivity contribution in [2.75, 3.05) is 13.6 Å². The molecule has 0 aliphatic carbocycles. The lowest BCUT2D eigenvalue weighted by Crippen LogP contribution is -2.50. The summed E-state index contributed by atoms with van der Waals surface area (Å²) in [5.41, 5.74) is -0.568. The molecule has 11 heteroatoms. The number of sulfonamides is 1. The van der Waals surface area contributed by atoms with Crippen LogP contribution in [-0.4, -0.2) is 55.9 Å². The Hall–Kier alpha value is -2.53. The number of ether oxygens (including phenoxy) is 1. The van der Waals surface area contributed by atoms with E-state index in [1.165, 1.54) is 6.92 Å². The van der Waals surface area contributed by atoms with Gasteiger partial charge in [-0.2, -0.15) is 4.31 Å². The van der Waals surface area contributed by atoms with E-state index in [0.29, 0.717) is 4.31 Å². The number of halogens is 1. The van der Waals surface area contributed by atoms with E-state index in [2.05, 4.69) is 5.32 Å². The highest BCUT2D eigenvalue weighted by Crippen LogP contribution is 2.14. The standard InChI is InChI=1S/C17H24FN3O6S/c1-11(15(23)19-16(24)20-17(2,3)4)27-14(22)10-21(5)28(25,26)13-8-6-12(18)7-9-13/h6-9,11H,10H2,1-5H3,(H2,19,20,23,24)/t11-/m1/s1. The molecular weight excluding hydrogens is 393 g/mol. The van der Waals surface area contributed by atoms with Crippen LogP contribution in [-0.2, 0) is 24.3 Å². The Bertz CT molecular complexity index is 833. The molecule has 9 nitrogen and oxygen atoms in total. The minimum absolute atomic E-state index is 0.200. The number of benzene rings is 1. The SMILES string of the molecule is C[C@@H](OC(=O)CN(C)S(=O)(=O)c1ccc(F)cc1)C(=O)NC(=O)NC(C)(C)C. The van der Waals surface area contributed by atoms with Crippen LogP contribution in [0, 0.1) is 5.82 Å². The van der Waals surface area contributed by atoms with Gasteiger partial charge >= 0.3 is 12.0 Å². The summed E-state index contributed by atoms with van der Waals surface area (Å²) < 4.78 is 43.2. The Balaban J connectivity index is 2.63. The fraction of sp³-hybridized carbons (Fsp3) is 0.471. The van der Waals surface area contributed by atoms with Crippen LogP contribution in [0.5, 0.6) is 0 Å². The average molecular weight is 417 g/mol. The zero-order valence-electron chi connectivity index (χ0n) is 16.3. The lowest BCUT2D eigenvalue weighted by molar-refractivity contribution is -0.154. The number of esters is 1. The summed E-state index contributed by atoms with van der Waals surface area (Å²) in [4.78, 5) is 35.3. The third-order valence-corrected chi connectivity index (χ3v) is 5.09. The van der Waals surface area contributed by atoms with E-state index < -0.39 is 51.9 Å². The third-order valence-electron chi connectivity index (χ3n) is 3.28. The van der Waals surface area contributed by atoms with Crippen LogP contribution >= 0.6 is 0 Å². The number of urea groups is 1. The van der Waals surface area contributed by atoms with Gasteiger partial charge in [-0.3, -0.25) is 14.9 Å². The van der Waals surface area contributed by atoms with Crippen LogP contribution in [0.3, 0.4) is 0 Å². The van der Waals surface area contributed by atoms with Crippen molar-refractivity contribution >= 4 is 27.9 Å². The van der Waals surface area contributed by atoms with Crippen molar-refractivity contribution in [1.29, 1.82) is 0 Å². The molecule has 0 aliphatic rings. The zero-order chi connectivity index (χ0) is 21.7. The Kier molecular flexibility index (Phi) is 7.65. The number of imide groups is 1. The average Bonchev–Trinajstić information content (AvgIpc) is 2.52. The lowest BCUT2D eigenvalue weighted by atomic mass is 10.1. The molecule has 156 valence electrons. The summed E-state index contributed by atoms with van der Waals surface area (Å²) in [6.45, 7) is 5.73. The Morgan fingerprint density at radius 2 is 1.71 bits per heavy atom. The van der Waals surface area contributed by atoms with Crippen molar-refractivity contribution in [3.8, 4) is 0 Å². The maximum atomic E-state index is 12.9. The number of carbonyl (C=O) groups is 3. The van der Waals surface area contributed by atoms with Crippen molar-refractivity contribution in [2.45, 2.75) is 44.2 Å². The first-order valence-corrected chi connectivity index (χ1v) is 9.71. The summed E-state index contributed by atoms with van der Waals surface area (Å²) >= 11 is 0. The maximum absolute atomic E-state index is 12.9. The van der Waals surface area contributed by atoms with Crippen LogP contribution < -0.4 is 10.6 Å². The van der Waals surface area contributed by atoms with Gasteiger partial charge in [0.2, 0.25) is 10.0 Å². The van der Waals surface area contributed by atoms with E-state index in [0.717, 1.165) is 31.3 Å². The highest BCUT2D eigenvalue weighted by molar-refractivity contribution is 7.89. The van der Waals surface area contributed by atoms with Crippen molar-refractivity contribution in [3.05, 3.63) is 30.1 Å². The fourth-order valence-corrected chi connectivity index (χ4v) is 3.04. The first kappa shape index (κ1) is 23.5. The maximum Gasteiger partial charge on any atom is 0.322 e. The number of nitrogens with one attached hydrogen (secondary N) is 2. The van der Waals surface area contributed by atoms with Crippen molar-refractivity contribution in [3.63, 3.8) is 0 Å². The molecule has 28 heavy (non-hydrogen) atoms. The van der Waals surface area contributed by atoms with E-state index in [1.807, 2.05) is 5.32 Å². The topological polar surface area (TPSA) is 122 Å². The largest absolute Gasteiger partial charge is 0.452 e. The number of likely N-dealkylation sites (N-methyl/N-ethyl adjacent to an activating group) is 1. The summed E-state index contributed by atoms with van der Waals surface area (Å²) in [7, 11) is -2.90. The Morgan fingerprint density at radius 1 is 1.18 bits per heavy atom. The fourth-order valence-electron chi connectivity index (χ4n) is 1.93. The number of nitrogens with zero attached hydrogens (tertiary/aromatic N) is 1. The van der Waals surface area contributed by atoms with Gasteiger partial charge in [-0.05, 0) is 52.0 Å². The molecule has 0 bridgehead atoms. The molecule has 1 rings (SSSR count). The Morgan fingerprint density at radius 3 is 2.21 bits per heavy atom. The van der Waals surface area contributed by atoms with Crippen molar-refractivity contribution in [2.24, 2.45) is 0 Å². The predicted octanol–water partition coefficient (Wildman–Crippen LogP) is 1.00. The van der Waals surface area contributed by atoms with Gasteiger partial charge in [0, 0.05) is 12.6 Å². The minimum Gasteiger partial charge on any atom is -0.452 e. The number of amides is 3. The van der Waals surface area contributed by atoms with E-state index in [-0.39, 0.29) is 4.90 Å². The highest BCUT2D eigenvalue weighted by Gasteiger charge is 2.26. The molecule has 0 spiro atoms. The Labute approximate surface area is 163 Å². The van der Waals surface area contributed by atoms with E-state index >= 15 is 0 Å². The summed E-state index contributed by atoms with van der Waals surface area (Å²) in [6, 6.07) is 3.34. The van der Waals surface area contributed by atoms with Crippen LogP contribution in [0.25, 0.3) is 0 Å². The molecule has 0 aliphatic heterocycles. The molecule has 0 aromatic heterocycles. The summed E-state index contributed by atoms with van der Waals surface area (Å²) in [5.74, 6) is -2.46. The van der Waals surface area contributed by atoms with Crippen molar-refractivity contribution in [1.82, 2.24) is 14.9 Å². The molecular formula is C17H24FN3O6S. The highest BCUT2D eigenvalue weighted by atomic mass is 32.2. The molecule has 1 aromatic carbocycles. The van der Waals surface area contributed by atoms with Gasteiger partial charge in [0.05, 0.1) is 4.90 Å². The summed E-state index contributed by atoms with van der Waals surface area (Å²) in [5, 5.41) is 4.53. The second kappa shape index (κ2) is 9.11. The monoisotopic (exact) mass is 417 g/mol. The third kappa shape index (κ3) is 7.24. The number of hydrogen-bond donors (Lipinski definition) is 2. The predicted molar refractivity (Wildman–Crippen MR) is 98.2 cm³/mol. The van der Waals surface area contributed by atoms with Gasteiger partial charge in [-0.15, -0.1) is 0 Å². The van der Waals surface area contributed by atoms with Gasteiger partial charge in [-0.25, -0.2) is 17.6 Å². The number of rotatable bonds is 6. The molecule has 0 radical (unpaired) electrons. The molecule has 0 unspecified atom stereocenters. The first-order chi connectivity index (χ1) is 12.7. The van der Waals surface area contributed by atoms with E-state index in [4.69, 9.17) is 4.74 Å². The van der Waals surface area contributed by atoms with Gasteiger partial charge in [0.25, 0.3) is 5.91 Å². The number of carbonyl (C=O) groups excluding carboxylic acids is 3. The minimum atomic E-state index is -4.05. The van der Waals surface area contributed by atoms with Crippen molar-refractivity contribution < 1.29 is 31.9 Å². The normalized spacial score (nSPS) is 13.0. The zero-order valence-corrected chi connectivity index (χ0v) is 17.1. The van der Waals surface area contributed by atoms with Gasteiger partial charge < -0.3 is 10.1 Å². The van der Waals surface area contributed by atoms with Crippen LogP contribution in [0.2, 0.25) is 0 Å². The molecule has 1 atom stereocenters. The smallest absolute Gasteiger partial charge is 0.322 e. The molecule has 3 amide bonds. The summed E-state index contributed by atoms with van der Waals surface area (Å²) in [6.07, 6.45) is -1.32. The second-order valence-corrected chi connectivity index (χ2v) is 9.09. The second-order valence-electron chi connectivity index (χ2n) is 7.04. The van der Waals surface area contributed by atoms with Gasteiger partial charge in [-0.1, -0.05) is 0 Å². The quantitative estimate of drug-likeness (QED) is 0.666. The van der Waals surface area contributed by atoms with Crippen LogP contribution in [0.1, 0.15) is 27.7 Å². The molecule has 0 heterocycles.